The normalized spacial score (nSPS) is 23.8. The lowest BCUT2D eigenvalue weighted by molar-refractivity contribution is -0.196. The summed E-state index contributed by atoms with van der Waals surface area (Å²) in [4.78, 5) is 27.0. The van der Waals surface area contributed by atoms with Crippen LogP contribution in [0.4, 0.5) is 0 Å². The van der Waals surface area contributed by atoms with Crippen LogP contribution in [0.1, 0.15) is 24.8 Å². The minimum Gasteiger partial charge on any atom is -0.480 e. The van der Waals surface area contributed by atoms with E-state index in [1.54, 1.807) is 0 Å². The van der Waals surface area contributed by atoms with Crippen LogP contribution in [-0.2, 0) is 14.4 Å². The second kappa shape index (κ2) is 5.18. The van der Waals surface area contributed by atoms with Crippen LogP contribution in [-0.4, -0.2) is 34.7 Å². The third-order valence-corrected chi connectivity index (χ3v) is 3.06. The number of rotatable bonds is 3. The van der Waals surface area contributed by atoms with Crippen LogP contribution >= 0.6 is 0 Å². The van der Waals surface area contributed by atoms with Gasteiger partial charge in [0.15, 0.2) is 0 Å². The Morgan fingerprint density at radius 3 is 2.56 bits per heavy atom. The first-order valence-corrected chi connectivity index (χ1v) is 5.81. The first kappa shape index (κ1) is 12.6. The third-order valence-electron chi connectivity index (χ3n) is 3.06. The topological polar surface area (TPSA) is 66.8 Å². The first-order chi connectivity index (χ1) is 8.58. The van der Waals surface area contributed by atoms with Crippen molar-refractivity contribution in [2.24, 2.45) is 0 Å². The Balaban J connectivity index is 2.14. The van der Waals surface area contributed by atoms with Gasteiger partial charge in [-0.25, -0.2) is 0 Å². The van der Waals surface area contributed by atoms with Crippen molar-refractivity contribution in [2.75, 3.05) is 6.54 Å². The summed E-state index contributed by atoms with van der Waals surface area (Å²) >= 11 is 0. The highest BCUT2D eigenvalue weighted by Crippen LogP contribution is 2.31. The molecule has 1 heterocycles. The van der Waals surface area contributed by atoms with Gasteiger partial charge in [0.2, 0.25) is 0 Å². The van der Waals surface area contributed by atoms with Gasteiger partial charge in [0.1, 0.15) is 6.04 Å². The number of hydroxylamine groups is 2. The number of aliphatic carboxylic acids is 1. The molecule has 0 amide bonds. The molecule has 2 unspecified atom stereocenters. The molecule has 0 radical (unpaired) electrons. The monoisotopic (exact) mass is 249 g/mol. The maximum absolute atomic E-state index is 11.1. The molecule has 2 atom stereocenters. The van der Waals surface area contributed by atoms with Gasteiger partial charge in [-0.05, 0) is 12.0 Å². The molecule has 1 aromatic rings. The van der Waals surface area contributed by atoms with E-state index in [-0.39, 0.29) is 5.92 Å². The van der Waals surface area contributed by atoms with E-state index in [9.17, 15) is 9.59 Å². The van der Waals surface area contributed by atoms with Crippen LogP contribution in [0.2, 0.25) is 0 Å². The molecule has 0 aromatic heterocycles. The molecular weight excluding hydrogens is 234 g/mol. The maximum Gasteiger partial charge on any atom is 0.324 e. The van der Waals surface area contributed by atoms with Gasteiger partial charge in [-0.15, -0.1) is 5.06 Å². The Morgan fingerprint density at radius 2 is 2.00 bits per heavy atom. The lowest BCUT2D eigenvalue weighted by atomic mass is 9.96. The van der Waals surface area contributed by atoms with Crippen molar-refractivity contribution in [1.82, 2.24) is 5.06 Å². The number of nitrogens with zero attached hydrogens (tertiary/aromatic N) is 1. The van der Waals surface area contributed by atoms with Gasteiger partial charge >= 0.3 is 11.9 Å². The van der Waals surface area contributed by atoms with Crippen molar-refractivity contribution >= 4 is 11.9 Å². The molecule has 96 valence electrons. The smallest absolute Gasteiger partial charge is 0.324 e. The lowest BCUT2D eigenvalue weighted by Crippen LogP contribution is -2.37. The van der Waals surface area contributed by atoms with Crippen LogP contribution in [0.5, 0.6) is 0 Å². The molecule has 5 heteroatoms. The summed E-state index contributed by atoms with van der Waals surface area (Å²) in [5.74, 6) is -1.38. The first-order valence-electron chi connectivity index (χ1n) is 5.81. The molecule has 5 nitrogen and oxygen atoms in total. The molecular formula is C13H15NO4. The summed E-state index contributed by atoms with van der Waals surface area (Å²) in [5.41, 5.74) is 1.07. The lowest BCUT2D eigenvalue weighted by Gasteiger charge is -2.18. The fraction of sp³-hybridized carbons (Fsp3) is 0.385. The zero-order chi connectivity index (χ0) is 13.1. The Hall–Kier alpha value is -1.88. The molecule has 0 bridgehead atoms. The number of hydrogen-bond donors (Lipinski definition) is 1. The SMILES string of the molecule is CC(=O)ON1CC(c2ccccc2)CC1C(=O)O. The Morgan fingerprint density at radius 1 is 1.33 bits per heavy atom. The van der Waals surface area contributed by atoms with Gasteiger partial charge in [0.05, 0.1) is 0 Å². The van der Waals surface area contributed by atoms with Crippen molar-refractivity contribution in [2.45, 2.75) is 25.3 Å². The predicted molar refractivity (Wildman–Crippen MR) is 63.7 cm³/mol. The number of hydrogen-bond acceptors (Lipinski definition) is 4. The molecule has 18 heavy (non-hydrogen) atoms. The molecule has 1 N–H and O–H groups in total. The molecule has 0 saturated carbocycles. The molecule has 1 saturated heterocycles. The van der Waals surface area contributed by atoms with Gasteiger partial charge in [0, 0.05) is 19.4 Å². The van der Waals surface area contributed by atoms with Crippen molar-refractivity contribution in [1.29, 1.82) is 0 Å². The fourth-order valence-corrected chi connectivity index (χ4v) is 2.26. The minimum atomic E-state index is -0.963. The summed E-state index contributed by atoms with van der Waals surface area (Å²) in [6.45, 7) is 1.69. The second-order valence-corrected chi connectivity index (χ2v) is 4.38. The number of carbonyl (C=O) groups excluding carboxylic acids is 1. The number of benzene rings is 1. The van der Waals surface area contributed by atoms with Gasteiger partial charge in [-0.3, -0.25) is 9.59 Å². The van der Waals surface area contributed by atoms with E-state index in [1.165, 1.54) is 12.0 Å². The Bertz CT molecular complexity index is 446. The highest BCUT2D eigenvalue weighted by molar-refractivity contribution is 5.74. The molecule has 1 fully saturated rings. The highest BCUT2D eigenvalue weighted by atomic mass is 16.7. The predicted octanol–water partition coefficient (Wildman–Crippen LogP) is 1.41. The zero-order valence-corrected chi connectivity index (χ0v) is 10.1. The maximum atomic E-state index is 11.1. The molecule has 2 rings (SSSR count). The van der Waals surface area contributed by atoms with Crippen LogP contribution in [0, 0.1) is 0 Å². The van der Waals surface area contributed by atoms with E-state index < -0.39 is 18.0 Å². The van der Waals surface area contributed by atoms with Crippen molar-refractivity contribution in [3.8, 4) is 0 Å². The summed E-state index contributed by atoms with van der Waals surface area (Å²) in [6.07, 6.45) is 0.451. The van der Waals surface area contributed by atoms with Crippen molar-refractivity contribution in [3.05, 3.63) is 35.9 Å². The summed E-state index contributed by atoms with van der Waals surface area (Å²) < 4.78 is 0. The number of carboxylic acids is 1. The summed E-state index contributed by atoms with van der Waals surface area (Å²) in [5, 5.41) is 10.4. The van der Waals surface area contributed by atoms with E-state index >= 15 is 0 Å². The standard InChI is InChI=1S/C13H15NO4/c1-9(15)18-14-8-11(7-12(14)13(16)17)10-5-3-2-4-6-10/h2-6,11-12H,7-8H2,1H3,(H,16,17). The molecule has 1 aromatic carbocycles. The van der Waals surface area contributed by atoms with Crippen molar-refractivity contribution in [3.63, 3.8) is 0 Å². The van der Waals surface area contributed by atoms with Crippen LogP contribution in [0.25, 0.3) is 0 Å². The summed E-state index contributed by atoms with van der Waals surface area (Å²) in [7, 11) is 0. The second-order valence-electron chi connectivity index (χ2n) is 4.38. The fourth-order valence-electron chi connectivity index (χ4n) is 2.26. The minimum absolute atomic E-state index is 0.0756. The largest absolute Gasteiger partial charge is 0.480 e. The molecule has 0 spiro atoms. The van der Waals surface area contributed by atoms with Crippen molar-refractivity contribution < 1.29 is 19.5 Å². The Labute approximate surface area is 105 Å². The third kappa shape index (κ3) is 2.68. The van der Waals surface area contributed by atoms with E-state index in [0.29, 0.717) is 13.0 Å². The van der Waals surface area contributed by atoms with Gasteiger partial charge in [-0.2, -0.15) is 0 Å². The molecule has 1 aliphatic heterocycles. The quantitative estimate of drug-likeness (QED) is 0.877. The summed E-state index contributed by atoms with van der Waals surface area (Å²) in [6, 6.07) is 8.90. The van der Waals surface area contributed by atoms with Gasteiger partial charge in [-0.1, -0.05) is 30.3 Å². The van der Waals surface area contributed by atoms with Gasteiger partial charge in [0.25, 0.3) is 0 Å². The number of carboxylic acid groups (broad SMARTS) is 1. The van der Waals surface area contributed by atoms with Gasteiger partial charge < -0.3 is 9.94 Å². The van der Waals surface area contributed by atoms with Crippen LogP contribution < -0.4 is 0 Å². The van der Waals surface area contributed by atoms with E-state index in [0.717, 1.165) is 5.56 Å². The molecule has 1 aliphatic rings. The van der Waals surface area contributed by atoms with E-state index in [2.05, 4.69) is 0 Å². The van der Waals surface area contributed by atoms with Crippen LogP contribution in [0.3, 0.4) is 0 Å². The van der Waals surface area contributed by atoms with E-state index in [1.807, 2.05) is 30.3 Å². The highest BCUT2D eigenvalue weighted by Gasteiger charge is 2.39. The Kier molecular flexibility index (Phi) is 3.62. The van der Waals surface area contributed by atoms with Crippen LogP contribution in [0.15, 0.2) is 30.3 Å². The molecule has 0 aliphatic carbocycles. The average Bonchev–Trinajstić information content (AvgIpc) is 2.73. The average molecular weight is 249 g/mol. The zero-order valence-electron chi connectivity index (χ0n) is 10.1. The number of carbonyl (C=O) groups is 2. The van der Waals surface area contributed by atoms with E-state index in [4.69, 9.17) is 9.94 Å².